The molecule has 0 saturated heterocycles. The normalized spacial score (nSPS) is 12.3. The van der Waals surface area contributed by atoms with Gasteiger partial charge >= 0.3 is 0 Å². The number of carbonyl (C=O) groups excluding carboxylic acids is 3. The molecule has 234 valence electrons. The van der Waals surface area contributed by atoms with Gasteiger partial charge in [-0.1, -0.05) is 33.6 Å². The monoisotopic (exact) mass is 598 g/mol. The fourth-order valence-corrected chi connectivity index (χ4v) is 4.74. The van der Waals surface area contributed by atoms with Crippen LogP contribution in [0.1, 0.15) is 85.7 Å². The number of hydrogen-bond donors (Lipinski definition) is 3. The zero-order valence-corrected chi connectivity index (χ0v) is 26.0. The molecule has 3 N–H and O–H groups in total. The van der Waals surface area contributed by atoms with Crippen molar-refractivity contribution in [2.45, 2.75) is 72.4 Å². The van der Waals surface area contributed by atoms with Crippen LogP contribution in [0.3, 0.4) is 0 Å². The van der Waals surface area contributed by atoms with Crippen LogP contribution in [0.25, 0.3) is 0 Å². The smallest absolute Gasteiger partial charge is 0.253 e. The summed E-state index contributed by atoms with van der Waals surface area (Å²) in [6.07, 6.45) is 0.496. The van der Waals surface area contributed by atoms with Crippen LogP contribution in [0, 0.1) is 29.4 Å². The van der Waals surface area contributed by atoms with Gasteiger partial charge in [-0.15, -0.1) is 5.92 Å². The standard InChI is InChI=1S/C33H44F2N4O4/c1-7-10-23-14-25(19-26(15-23)33(43)39(11-8-2)12-9-3)32(42)36-29(18-24-16-27(34)20-28(35)17-24)30(40)21-38(6)37-31(41)13-22(4)5/h14-17,19-20,22,29-30,40H,8-9,11-13,18,21H2,1-6H3,(H,36,42)(H,37,41). The molecule has 2 aromatic carbocycles. The molecule has 0 radical (unpaired) electrons. The van der Waals surface area contributed by atoms with Gasteiger partial charge in [0.05, 0.1) is 12.1 Å². The van der Waals surface area contributed by atoms with Gasteiger partial charge in [-0.2, -0.15) is 0 Å². The molecule has 8 nitrogen and oxygen atoms in total. The molecule has 0 fully saturated rings. The molecule has 2 atom stereocenters. The van der Waals surface area contributed by atoms with Gasteiger partial charge in [-0.25, -0.2) is 13.8 Å². The molecule has 0 saturated carbocycles. The summed E-state index contributed by atoms with van der Waals surface area (Å²) in [7, 11) is 1.57. The molecule has 0 heterocycles. The van der Waals surface area contributed by atoms with E-state index >= 15 is 0 Å². The number of hydrazine groups is 1. The number of benzene rings is 2. The SMILES string of the molecule is CC#Cc1cc(C(=O)NC(Cc2cc(F)cc(F)c2)C(O)CN(C)NC(=O)CC(C)C)cc(C(=O)N(CCC)CCC)c1. The predicted octanol–water partition coefficient (Wildman–Crippen LogP) is 4.31. The number of amides is 3. The first kappa shape index (κ1) is 35.4. The Bertz CT molecular complexity index is 1300. The highest BCUT2D eigenvalue weighted by atomic mass is 19.1. The van der Waals surface area contributed by atoms with Gasteiger partial charge in [-0.05, 0) is 68.0 Å². The maximum Gasteiger partial charge on any atom is 0.253 e. The van der Waals surface area contributed by atoms with Crippen LogP contribution in [-0.4, -0.2) is 71.6 Å². The minimum absolute atomic E-state index is 0.0827. The first-order valence-electron chi connectivity index (χ1n) is 14.7. The highest BCUT2D eigenvalue weighted by Crippen LogP contribution is 2.16. The summed E-state index contributed by atoms with van der Waals surface area (Å²) in [5.41, 5.74) is 3.84. The number of aliphatic hydroxyl groups is 1. The van der Waals surface area contributed by atoms with Gasteiger partial charge in [0.25, 0.3) is 11.8 Å². The fourth-order valence-electron chi connectivity index (χ4n) is 4.74. The van der Waals surface area contributed by atoms with Gasteiger partial charge in [0.2, 0.25) is 5.91 Å². The van der Waals surface area contributed by atoms with Crippen LogP contribution in [0.2, 0.25) is 0 Å². The molecule has 43 heavy (non-hydrogen) atoms. The number of hydrogen-bond acceptors (Lipinski definition) is 5. The van der Waals surface area contributed by atoms with Crippen molar-refractivity contribution in [1.29, 1.82) is 0 Å². The molecular weight excluding hydrogens is 554 g/mol. The van der Waals surface area contributed by atoms with Crippen molar-refractivity contribution in [3.8, 4) is 11.8 Å². The predicted molar refractivity (Wildman–Crippen MR) is 163 cm³/mol. The summed E-state index contributed by atoms with van der Waals surface area (Å²) in [6, 6.07) is 6.68. The molecule has 0 aliphatic carbocycles. The fraction of sp³-hybridized carbons (Fsp3) is 0.485. The van der Waals surface area contributed by atoms with Gasteiger partial charge in [0.1, 0.15) is 11.6 Å². The van der Waals surface area contributed by atoms with Gasteiger partial charge < -0.3 is 15.3 Å². The molecule has 2 aromatic rings. The summed E-state index contributed by atoms with van der Waals surface area (Å²) < 4.78 is 28.0. The van der Waals surface area contributed by atoms with E-state index < -0.39 is 29.7 Å². The number of halogens is 2. The zero-order valence-electron chi connectivity index (χ0n) is 26.0. The van der Waals surface area contributed by atoms with E-state index in [-0.39, 0.29) is 48.2 Å². The average molecular weight is 599 g/mol. The third kappa shape index (κ3) is 11.8. The average Bonchev–Trinajstić information content (AvgIpc) is 2.91. The second kappa shape index (κ2) is 17.3. The summed E-state index contributed by atoms with van der Waals surface area (Å²) in [4.78, 5) is 40.9. The third-order valence-electron chi connectivity index (χ3n) is 6.51. The van der Waals surface area contributed by atoms with E-state index in [9.17, 15) is 28.3 Å². The molecule has 0 aromatic heterocycles. The van der Waals surface area contributed by atoms with E-state index in [1.165, 1.54) is 11.1 Å². The minimum atomic E-state index is -1.25. The van der Waals surface area contributed by atoms with Gasteiger partial charge in [-0.3, -0.25) is 19.8 Å². The molecular formula is C33H44F2N4O4. The number of nitrogens with one attached hydrogen (secondary N) is 2. The van der Waals surface area contributed by atoms with Gasteiger partial charge in [0, 0.05) is 55.9 Å². The Hall–Kier alpha value is -3.81. The van der Waals surface area contributed by atoms with Crippen LogP contribution in [0.5, 0.6) is 0 Å². The lowest BCUT2D eigenvalue weighted by atomic mass is 9.99. The molecule has 0 aliphatic heterocycles. The quantitative estimate of drug-likeness (QED) is 0.210. The Morgan fingerprint density at radius 1 is 0.953 bits per heavy atom. The third-order valence-corrected chi connectivity index (χ3v) is 6.51. The van der Waals surface area contributed by atoms with Crippen LogP contribution in [0.15, 0.2) is 36.4 Å². The largest absolute Gasteiger partial charge is 0.390 e. The summed E-state index contributed by atoms with van der Waals surface area (Å²) in [6.45, 7) is 10.5. The van der Waals surface area contributed by atoms with Crippen molar-refractivity contribution < 1.29 is 28.3 Å². The molecule has 0 spiro atoms. The van der Waals surface area contributed by atoms with Crippen molar-refractivity contribution in [1.82, 2.24) is 20.7 Å². The van der Waals surface area contributed by atoms with E-state index in [0.717, 1.165) is 31.0 Å². The molecule has 0 aliphatic rings. The molecule has 3 amide bonds. The molecule has 2 rings (SSSR count). The first-order chi connectivity index (χ1) is 20.4. The van der Waals surface area contributed by atoms with E-state index in [1.54, 1.807) is 31.0 Å². The van der Waals surface area contributed by atoms with Crippen LogP contribution < -0.4 is 10.7 Å². The number of carbonyl (C=O) groups is 3. The Morgan fingerprint density at radius 3 is 2.12 bits per heavy atom. The minimum Gasteiger partial charge on any atom is -0.390 e. The van der Waals surface area contributed by atoms with Crippen molar-refractivity contribution >= 4 is 17.7 Å². The molecule has 0 bridgehead atoms. The second-order valence-corrected chi connectivity index (χ2v) is 11.1. The van der Waals surface area contributed by atoms with E-state index in [0.29, 0.717) is 24.2 Å². The van der Waals surface area contributed by atoms with Crippen LogP contribution in [-0.2, 0) is 11.2 Å². The lowest BCUT2D eigenvalue weighted by Gasteiger charge is -2.28. The summed E-state index contributed by atoms with van der Waals surface area (Å²) in [5.74, 6) is 3.21. The second-order valence-electron chi connectivity index (χ2n) is 11.1. The van der Waals surface area contributed by atoms with Gasteiger partial charge in [0.15, 0.2) is 0 Å². The Balaban J connectivity index is 2.40. The van der Waals surface area contributed by atoms with Crippen molar-refractivity contribution in [2.75, 3.05) is 26.7 Å². The van der Waals surface area contributed by atoms with Crippen molar-refractivity contribution in [3.05, 3.63) is 70.3 Å². The van der Waals surface area contributed by atoms with Crippen molar-refractivity contribution in [3.63, 3.8) is 0 Å². The number of aliphatic hydroxyl groups excluding tert-OH is 1. The zero-order chi connectivity index (χ0) is 32.1. The summed E-state index contributed by atoms with van der Waals surface area (Å²) >= 11 is 0. The number of nitrogens with zero attached hydrogens (tertiary/aromatic N) is 2. The maximum absolute atomic E-state index is 14.0. The van der Waals surface area contributed by atoms with Crippen molar-refractivity contribution in [2.24, 2.45) is 5.92 Å². The van der Waals surface area contributed by atoms with E-state index in [4.69, 9.17) is 0 Å². The topological polar surface area (TPSA) is 102 Å². The lowest BCUT2D eigenvalue weighted by Crippen LogP contribution is -2.52. The lowest BCUT2D eigenvalue weighted by molar-refractivity contribution is -0.126. The highest BCUT2D eigenvalue weighted by Gasteiger charge is 2.26. The number of rotatable bonds is 15. The highest BCUT2D eigenvalue weighted by molar-refractivity contribution is 6.00. The number of likely N-dealkylation sites (N-methyl/N-ethyl adjacent to an activating group) is 1. The maximum atomic E-state index is 14.0. The van der Waals surface area contributed by atoms with Crippen LogP contribution >= 0.6 is 0 Å². The summed E-state index contributed by atoms with van der Waals surface area (Å²) in [5, 5.41) is 15.4. The van der Waals surface area contributed by atoms with Crippen LogP contribution in [0.4, 0.5) is 8.78 Å². The Kier molecular flexibility index (Phi) is 14.3. The first-order valence-corrected chi connectivity index (χ1v) is 14.7. The molecule has 2 unspecified atom stereocenters. The Morgan fingerprint density at radius 2 is 1.56 bits per heavy atom. The molecule has 10 heteroatoms. The Labute approximate surface area is 253 Å². The van der Waals surface area contributed by atoms with E-state index in [1.807, 2.05) is 27.7 Å². The van der Waals surface area contributed by atoms with E-state index in [2.05, 4.69) is 22.6 Å².